The number of benzene rings is 1. The van der Waals surface area contributed by atoms with Crippen molar-refractivity contribution in [1.29, 1.82) is 0 Å². The SMILES string of the molecule is CCCn1ccnc1NCCc1ccccc1C. The van der Waals surface area contributed by atoms with E-state index in [1.165, 1.54) is 11.1 Å². The van der Waals surface area contributed by atoms with Crippen LogP contribution >= 0.6 is 0 Å². The van der Waals surface area contributed by atoms with Gasteiger partial charge in [-0.25, -0.2) is 4.98 Å². The first-order chi connectivity index (χ1) is 8.81. The highest BCUT2D eigenvalue weighted by Crippen LogP contribution is 2.09. The quantitative estimate of drug-likeness (QED) is 0.844. The van der Waals surface area contributed by atoms with E-state index in [4.69, 9.17) is 0 Å². The fourth-order valence-electron chi connectivity index (χ4n) is 2.10. The van der Waals surface area contributed by atoms with Crippen LogP contribution in [0, 0.1) is 6.92 Å². The van der Waals surface area contributed by atoms with E-state index >= 15 is 0 Å². The van der Waals surface area contributed by atoms with Crippen LogP contribution in [0.15, 0.2) is 36.7 Å². The summed E-state index contributed by atoms with van der Waals surface area (Å²) in [6, 6.07) is 8.53. The molecule has 2 aromatic rings. The van der Waals surface area contributed by atoms with E-state index in [2.05, 4.69) is 53.0 Å². The average Bonchev–Trinajstić information content (AvgIpc) is 2.80. The average molecular weight is 243 g/mol. The molecule has 0 fully saturated rings. The molecule has 1 aromatic carbocycles. The standard InChI is InChI=1S/C15H21N3/c1-3-11-18-12-10-17-15(18)16-9-8-14-7-5-4-6-13(14)2/h4-7,10,12H,3,8-9,11H2,1-2H3,(H,16,17). The van der Waals surface area contributed by atoms with E-state index in [0.29, 0.717) is 0 Å². The minimum absolute atomic E-state index is 0.922. The Balaban J connectivity index is 1.88. The lowest BCUT2D eigenvalue weighted by Crippen LogP contribution is -2.11. The van der Waals surface area contributed by atoms with Crippen molar-refractivity contribution in [2.24, 2.45) is 0 Å². The predicted molar refractivity (Wildman–Crippen MR) is 75.9 cm³/mol. The minimum Gasteiger partial charge on any atom is -0.355 e. The van der Waals surface area contributed by atoms with Crippen LogP contribution in [0.2, 0.25) is 0 Å². The van der Waals surface area contributed by atoms with Crippen LogP contribution in [0.1, 0.15) is 24.5 Å². The Labute approximate surface area is 109 Å². The van der Waals surface area contributed by atoms with Crippen LogP contribution in [0.5, 0.6) is 0 Å². The van der Waals surface area contributed by atoms with Crippen molar-refractivity contribution in [2.75, 3.05) is 11.9 Å². The van der Waals surface area contributed by atoms with Gasteiger partial charge in [-0.05, 0) is 30.9 Å². The lowest BCUT2D eigenvalue weighted by molar-refractivity contribution is 0.682. The summed E-state index contributed by atoms with van der Waals surface area (Å²) in [5.74, 6) is 0.977. The Kier molecular flexibility index (Phi) is 4.40. The lowest BCUT2D eigenvalue weighted by atomic mass is 10.1. The zero-order valence-electron chi connectivity index (χ0n) is 11.2. The second-order valence-corrected chi connectivity index (χ2v) is 4.55. The van der Waals surface area contributed by atoms with Crippen molar-refractivity contribution in [3.63, 3.8) is 0 Å². The Morgan fingerprint density at radius 1 is 1.28 bits per heavy atom. The fourth-order valence-corrected chi connectivity index (χ4v) is 2.10. The summed E-state index contributed by atoms with van der Waals surface area (Å²) in [5.41, 5.74) is 2.76. The van der Waals surface area contributed by atoms with E-state index in [9.17, 15) is 0 Å². The number of hydrogen-bond donors (Lipinski definition) is 1. The van der Waals surface area contributed by atoms with E-state index in [0.717, 1.165) is 31.9 Å². The van der Waals surface area contributed by atoms with Gasteiger partial charge in [0.15, 0.2) is 0 Å². The molecular formula is C15H21N3. The Morgan fingerprint density at radius 2 is 2.11 bits per heavy atom. The largest absolute Gasteiger partial charge is 0.355 e. The topological polar surface area (TPSA) is 29.9 Å². The van der Waals surface area contributed by atoms with Crippen LogP contribution in [0.3, 0.4) is 0 Å². The third kappa shape index (κ3) is 3.13. The molecule has 18 heavy (non-hydrogen) atoms. The molecule has 1 heterocycles. The molecule has 0 atom stereocenters. The highest BCUT2D eigenvalue weighted by molar-refractivity contribution is 5.29. The maximum absolute atomic E-state index is 4.34. The molecular weight excluding hydrogens is 222 g/mol. The highest BCUT2D eigenvalue weighted by Gasteiger charge is 2.01. The zero-order valence-corrected chi connectivity index (χ0v) is 11.2. The van der Waals surface area contributed by atoms with Gasteiger partial charge in [-0.1, -0.05) is 31.2 Å². The number of nitrogens with zero attached hydrogens (tertiary/aromatic N) is 2. The second-order valence-electron chi connectivity index (χ2n) is 4.55. The molecule has 96 valence electrons. The number of aromatic nitrogens is 2. The second kappa shape index (κ2) is 6.24. The van der Waals surface area contributed by atoms with Gasteiger partial charge in [0, 0.05) is 25.5 Å². The highest BCUT2D eigenvalue weighted by atomic mass is 15.2. The van der Waals surface area contributed by atoms with Crippen LogP contribution < -0.4 is 5.32 Å². The summed E-state index contributed by atoms with van der Waals surface area (Å²) in [6.45, 7) is 6.28. The Bertz CT molecular complexity index is 488. The lowest BCUT2D eigenvalue weighted by Gasteiger charge is -2.09. The molecule has 0 aliphatic rings. The van der Waals surface area contributed by atoms with Crippen molar-refractivity contribution >= 4 is 5.95 Å². The number of aryl methyl sites for hydroxylation is 2. The van der Waals surface area contributed by atoms with Gasteiger partial charge < -0.3 is 9.88 Å². The molecule has 0 saturated heterocycles. The number of anilines is 1. The first kappa shape index (κ1) is 12.7. The van der Waals surface area contributed by atoms with Gasteiger partial charge in [0.25, 0.3) is 0 Å². The molecule has 0 aliphatic carbocycles. The monoisotopic (exact) mass is 243 g/mol. The van der Waals surface area contributed by atoms with Gasteiger partial charge in [0.1, 0.15) is 0 Å². The summed E-state index contributed by atoms with van der Waals surface area (Å²) in [5, 5.41) is 3.41. The minimum atomic E-state index is 0.922. The van der Waals surface area contributed by atoms with Crippen LogP contribution in [0.25, 0.3) is 0 Å². The van der Waals surface area contributed by atoms with Crippen molar-refractivity contribution in [2.45, 2.75) is 33.2 Å². The van der Waals surface area contributed by atoms with Crippen molar-refractivity contribution in [3.8, 4) is 0 Å². The Morgan fingerprint density at radius 3 is 2.89 bits per heavy atom. The van der Waals surface area contributed by atoms with Gasteiger partial charge in [-0.15, -0.1) is 0 Å². The molecule has 0 amide bonds. The molecule has 0 aliphatic heterocycles. The van der Waals surface area contributed by atoms with Crippen molar-refractivity contribution in [3.05, 3.63) is 47.8 Å². The van der Waals surface area contributed by atoms with E-state index in [-0.39, 0.29) is 0 Å². The molecule has 0 bridgehead atoms. The molecule has 0 unspecified atom stereocenters. The molecule has 0 saturated carbocycles. The number of rotatable bonds is 6. The summed E-state index contributed by atoms with van der Waals surface area (Å²) in [7, 11) is 0. The van der Waals surface area contributed by atoms with Gasteiger partial charge in [0.2, 0.25) is 5.95 Å². The first-order valence-electron chi connectivity index (χ1n) is 6.60. The fraction of sp³-hybridized carbons (Fsp3) is 0.400. The molecule has 0 radical (unpaired) electrons. The molecule has 0 spiro atoms. The summed E-state index contributed by atoms with van der Waals surface area (Å²) >= 11 is 0. The van der Waals surface area contributed by atoms with E-state index < -0.39 is 0 Å². The third-order valence-electron chi connectivity index (χ3n) is 3.12. The van der Waals surface area contributed by atoms with Gasteiger partial charge in [-0.2, -0.15) is 0 Å². The molecule has 1 N–H and O–H groups in total. The normalized spacial score (nSPS) is 10.6. The van der Waals surface area contributed by atoms with Crippen LogP contribution in [0.4, 0.5) is 5.95 Å². The smallest absolute Gasteiger partial charge is 0.202 e. The Hall–Kier alpha value is -1.77. The van der Waals surface area contributed by atoms with E-state index in [1.54, 1.807) is 0 Å². The number of nitrogens with one attached hydrogen (secondary N) is 1. The predicted octanol–water partition coefficient (Wildman–Crippen LogP) is 3.26. The van der Waals surface area contributed by atoms with Crippen LogP contribution in [-0.4, -0.2) is 16.1 Å². The molecule has 3 heteroatoms. The number of imidazole rings is 1. The maximum Gasteiger partial charge on any atom is 0.202 e. The summed E-state index contributed by atoms with van der Waals surface area (Å²) < 4.78 is 2.16. The maximum atomic E-state index is 4.34. The first-order valence-corrected chi connectivity index (χ1v) is 6.60. The molecule has 1 aromatic heterocycles. The van der Waals surface area contributed by atoms with Crippen molar-refractivity contribution < 1.29 is 0 Å². The van der Waals surface area contributed by atoms with Gasteiger partial charge in [-0.3, -0.25) is 0 Å². The molecule has 3 nitrogen and oxygen atoms in total. The van der Waals surface area contributed by atoms with Crippen LogP contribution in [-0.2, 0) is 13.0 Å². The zero-order chi connectivity index (χ0) is 12.8. The molecule has 2 rings (SSSR count). The van der Waals surface area contributed by atoms with Gasteiger partial charge >= 0.3 is 0 Å². The van der Waals surface area contributed by atoms with Crippen molar-refractivity contribution in [1.82, 2.24) is 9.55 Å². The van der Waals surface area contributed by atoms with Gasteiger partial charge in [0.05, 0.1) is 0 Å². The summed E-state index contributed by atoms with van der Waals surface area (Å²) in [4.78, 5) is 4.34. The third-order valence-corrected chi connectivity index (χ3v) is 3.12. The summed E-state index contributed by atoms with van der Waals surface area (Å²) in [6.07, 6.45) is 6.04. The van der Waals surface area contributed by atoms with E-state index in [1.807, 2.05) is 12.4 Å². The number of hydrogen-bond acceptors (Lipinski definition) is 2.